The maximum absolute atomic E-state index is 12.5. The molecule has 0 aliphatic rings. The van der Waals surface area contributed by atoms with Crippen LogP contribution >= 0.6 is 11.3 Å². The van der Waals surface area contributed by atoms with Crippen LogP contribution in [0.4, 0.5) is 5.82 Å². The molecule has 6 heteroatoms. The number of anilines is 1. The summed E-state index contributed by atoms with van der Waals surface area (Å²) in [5, 5.41) is 9.25. The predicted octanol–water partition coefficient (Wildman–Crippen LogP) is 4.48. The zero-order chi connectivity index (χ0) is 19.3. The average Bonchev–Trinajstić information content (AvgIpc) is 3.18. The quantitative estimate of drug-likeness (QED) is 0.511. The van der Waals surface area contributed by atoms with Gasteiger partial charge in [-0.2, -0.15) is 0 Å². The number of thiophene rings is 1. The van der Waals surface area contributed by atoms with Gasteiger partial charge >= 0.3 is 0 Å². The first-order chi connectivity index (χ1) is 13.7. The van der Waals surface area contributed by atoms with Crippen LogP contribution in [0.5, 0.6) is 0 Å². The highest BCUT2D eigenvalue weighted by molar-refractivity contribution is 7.17. The van der Waals surface area contributed by atoms with Gasteiger partial charge in [0.15, 0.2) is 0 Å². The van der Waals surface area contributed by atoms with Gasteiger partial charge in [0.05, 0.1) is 5.39 Å². The van der Waals surface area contributed by atoms with E-state index in [1.54, 1.807) is 11.3 Å². The van der Waals surface area contributed by atoms with Crippen molar-refractivity contribution in [2.45, 2.75) is 19.5 Å². The summed E-state index contributed by atoms with van der Waals surface area (Å²) in [6.07, 6.45) is 1.53. The Balaban J connectivity index is 1.54. The van der Waals surface area contributed by atoms with Crippen molar-refractivity contribution in [3.63, 3.8) is 0 Å². The molecule has 0 saturated carbocycles. The molecule has 140 valence electrons. The van der Waals surface area contributed by atoms with E-state index in [0.717, 1.165) is 26.9 Å². The number of carbonyl (C=O) groups is 1. The average molecular weight is 388 g/mol. The minimum absolute atomic E-state index is 0.0768. The number of nitrogens with zero attached hydrogens (tertiary/aromatic N) is 2. The SMILES string of the molecule is CC(Nc1ncnc2scc(-c3ccccc3)c12)C(=O)NCc1ccccc1. The summed E-state index contributed by atoms with van der Waals surface area (Å²) in [4.78, 5) is 22.2. The Morgan fingerprint density at radius 2 is 1.75 bits per heavy atom. The van der Waals surface area contributed by atoms with Crippen LogP contribution in [0.1, 0.15) is 12.5 Å². The summed E-state index contributed by atoms with van der Waals surface area (Å²) in [5.74, 6) is 0.597. The second-order valence-corrected chi connectivity index (χ2v) is 7.35. The monoisotopic (exact) mass is 388 g/mol. The van der Waals surface area contributed by atoms with Crippen molar-refractivity contribution in [3.05, 3.63) is 77.9 Å². The molecule has 0 aliphatic carbocycles. The molecule has 0 bridgehead atoms. The van der Waals surface area contributed by atoms with Crippen molar-refractivity contribution < 1.29 is 4.79 Å². The Bertz CT molecular complexity index is 1080. The third-order valence-corrected chi connectivity index (χ3v) is 5.40. The third kappa shape index (κ3) is 3.87. The fourth-order valence-electron chi connectivity index (χ4n) is 3.02. The van der Waals surface area contributed by atoms with E-state index >= 15 is 0 Å². The molecule has 2 aromatic carbocycles. The van der Waals surface area contributed by atoms with Crippen LogP contribution in [0.15, 0.2) is 72.4 Å². The van der Waals surface area contributed by atoms with Crippen molar-refractivity contribution in [2.75, 3.05) is 5.32 Å². The summed E-state index contributed by atoms with van der Waals surface area (Å²) < 4.78 is 0. The Labute approximate surface area is 167 Å². The molecule has 2 aromatic heterocycles. The Hall–Kier alpha value is -3.25. The first-order valence-electron chi connectivity index (χ1n) is 9.08. The van der Waals surface area contributed by atoms with Gasteiger partial charge in [0, 0.05) is 17.5 Å². The summed E-state index contributed by atoms with van der Waals surface area (Å²) in [5.41, 5.74) is 3.24. The lowest BCUT2D eigenvalue weighted by atomic mass is 10.1. The van der Waals surface area contributed by atoms with Gasteiger partial charge in [-0.15, -0.1) is 11.3 Å². The molecule has 2 heterocycles. The lowest BCUT2D eigenvalue weighted by Gasteiger charge is -2.16. The van der Waals surface area contributed by atoms with Gasteiger partial charge in [-0.05, 0) is 18.1 Å². The Morgan fingerprint density at radius 1 is 1.04 bits per heavy atom. The molecule has 4 rings (SSSR count). The number of carbonyl (C=O) groups excluding carboxylic acids is 1. The number of nitrogens with one attached hydrogen (secondary N) is 2. The molecule has 4 aromatic rings. The molecule has 1 unspecified atom stereocenters. The number of hydrogen-bond acceptors (Lipinski definition) is 5. The van der Waals surface area contributed by atoms with Gasteiger partial charge < -0.3 is 10.6 Å². The zero-order valence-corrected chi connectivity index (χ0v) is 16.2. The summed E-state index contributed by atoms with van der Waals surface area (Å²) in [6, 6.07) is 19.6. The fraction of sp³-hybridized carbons (Fsp3) is 0.136. The first-order valence-corrected chi connectivity index (χ1v) is 9.96. The maximum Gasteiger partial charge on any atom is 0.242 e. The number of aromatic nitrogens is 2. The molecular weight excluding hydrogens is 368 g/mol. The lowest BCUT2D eigenvalue weighted by Crippen LogP contribution is -2.37. The number of hydrogen-bond donors (Lipinski definition) is 2. The van der Waals surface area contributed by atoms with Gasteiger partial charge in [0.2, 0.25) is 5.91 Å². The molecule has 5 nitrogen and oxygen atoms in total. The van der Waals surface area contributed by atoms with Crippen LogP contribution < -0.4 is 10.6 Å². The van der Waals surface area contributed by atoms with Crippen molar-refractivity contribution in [3.8, 4) is 11.1 Å². The number of benzene rings is 2. The molecule has 0 spiro atoms. The molecule has 0 radical (unpaired) electrons. The summed E-state index contributed by atoms with van der Waals surface area (Å²) in [6.45, 7) is 2.33. The predicted molar refractivity (Wildman–Crippen MR) is 114 cm³/mol. The highest BCUT2D eigenvalue weighted by Crippen LogP contribution is 2.36. The van der Waals surface area contributed by atoms with E-state index in [1.165, 1.54) is 6.33 Å². The van der Waals surface area contributed by atoms with Gasteiger partial charge in [-0.25, -0.2) is 9.97 Å². The fourth-order valence-corrected chi connectivity index (χ4v) is 3.94. The molecule has 1 amide bonds. The molecule has 0 saturated heterocycles. The van der Waals surface area contributed by atoms with Crippen molar-refractivity contribution in [1.82, 2.24) is 15.3 Å². The molecule has 2 N–H and O–H groups in total. The number of rotatable bonds is 6. The Kier molecular flexibility index (Phi) is 5.30. The number of amides is 1. The summed E-state index contributed by atoms with van der Waals surface area (Å²) >= 11 is 1.57. The van der Waals surface area contributed by atoms with E-state index in [-0.39, 0.29) is 5.91 Å². The van der Waals surface area contributed by atoms with E-state index in [2.05, 4.69) is 38.1 Å². The second-order valence-electron chi connectivity index (χ2n) is 6.49. The van der Waals surface area contributed by atoms with Crippen LogP contribution in [-0.2, 0) is 11.3 Å². The third-order valence-electron chi connectivity index (χ3n) is 4.51. The first kappa shape index (κ1) is 18.1. The van der Waals surface area contributed by atoms with E-state index in [4.69, 9.17) is 0 Å². The van der Waals surface area contributed by atoms with Crippen LogP contribution in [0, 0.1) is 0 Å². The highest BCUT2D eigenvalue weighted by Gasteiger charge is 2.18. The van der Waals surface area contributed by atoms with Gasteiger partial charge in [-0.3, -0.25) is 4.79 Å². The van der Waals surface area contributed by atoms with Crippen molar-refractivity contribution >= 4 is 33.3 Å². The van der Waals surface area contributed by atoms with Crippen molar-refractivity contribution in [1.29, 1.82) is 0 Å². The van der Waals surface area contributed by atoms with Crippen LogP contribution in [0.25, 0.3) is 21.3 Å². The van der Waals surface area contributed by atoms with Crippen LogP contribution in [0.3, 0.4) is 0 Å². The smallest absolute Gasteiger partial charge is 0.242 e. The Morgan fingerprint density at radius 3 is 2.50 bits per heavy atom. The number of fused-ring (bicyclic) bond motifs is 1. The van der Waals surface area contributed by atoms with Gasteiger partial charge in [0.1, 0.15) is 23.0 Å². The standard InChI is InChI=1S/C22H20N4OS/c1-15(21(27)23-12-16-8-4-2-5-9-16)26-20-19-18(17-10-6-3-7-11-17)13-28-22(19)25-14-24-20/h2-11,13-15H,12H2,1H3,(H,23,27)(H,24,25,26). The molecule has 28 heavy (non-hydrogen) atoms. The van der Waals surface area contributed by atoms with Crippen molar-refractivity contribution in [2.24, 2.45) is 0 Å². The highest BCUT2D eigenvalue weighted by atomic mass is 32.1. The minimum Gasteiger partial charge on any atom is -0.358 e. The van der Waals surface area contributed by atoms with Crippen LogP contribution in [-0.4, -0.2) is 21.9 Å². The molecule has 0 fully saturated rings. The minimum atomic E-state index is -0.426. The zero-order valence-electron chi connectivity index (χ0n) is 15.4. The second kappa shape index (κ2) is 8.19. The molecular formula is C22H20N4OS. The van der Waals surface area contributed by atoms with Crippen LogP contribution in [0.2, 0.25) is 0 Å². The molecule has 0 aliphatic heterocycles. The van der Waals surface area contributed by atoms with E-state index in [0.29, 0.717) is 12.4 Å². The largest absolute Gasteiger partial charge is 0.358 e. The van der Waals surface area contributed by atoms with E-state index < -0.39 is 6.04 Å². The summed E-state index contributed by atoms with van der Waals surface area (Å²) in [7, 11) is 0. The van der Waals surface area contributed by atoms with E-state index in [1.807, 2.05) is 55.5 Å². The lowest BCUT2D eigenvalue weighted by molar-refractivity contribution is -0.121. The maximum atomic E-state index is 12.5. The van der Waals surface area contributed by atoms with Gasteiger partial charge in [0.25, 0.3) is 0 Å². The van der Waals surface area contributed by atoms with E-state index in [9.17, 15) is 4.79 Å². The topological polar surface area (TPSA) is 66.9 Å². The molecule has 1 atom stereocenters. The van der Waals surface area contributed by atoms with Gasteiger partial charge in [-0.1, -0.05) is 60.7 Å². The normalized spacial score (nSPS) is 11.9.